The summed E-state index contributed by atoms with van der Waals surface area (Å²) < 4.78 is 22.6. The number of benzene rings is 1. The van der Waals surface area contributed by atoms with Crippen LogP contribution >= 0.6 is 0 Å². The van der Waals surface area contributed by atoms with Crippen LogP contribution in [0.1, 0.15) is 45.6 Å². The van der Waals surface area contributed by atoms with E-state index in [0.29, 0.717) is 23.7 Å². The SMILES string of the molecule is COc1c(C)ccc(O[C@@H]2CC[C@H](NC(=O)OC(C)(C)C)C2)c1-c1ccno1. The summed E-state index contributed by atoms with van der Waals surface area (Å²) in [6.07, 6.45) is 3.58. The number of nitrogens with one attached hydrogen (secondary N) is 1. The number of hydrogen-bond acceptors (Lipinski definition) is 6. The van der Waals surface area contributed by atoms with Crippen LogP contribution in [0.5, 0.6) is 11.5 Å². The molecule has 1 fully saturated rings. The normalized spacial score (nSPS) is 19.3. The molecule has 28 heavy (non-hydrogen) atoms. The van der Waals surface area contributed by atoms with Crippen molar-refractivity contribution >= 4 is 6.09 Å². The molecule has 1 heterocycles. The van der Waals surface area contributed by atoms with Crippen molar-refractivity contribution in [2.75, 3.05) is 7.11 Å². The standard InChI is InChI=1S/C21H28N2O5/c1-13-6-9-16(18(19(13)25-5)17-10-11-22-28-17)26-15-8-7-14(12-15)23-20(24)27-21(2,3)4/h6,9-11,14-15H,7-8,12H2,1-5H3,(H,23,24)/t14-,15+/m0/s1. The molecule has 0 aliphatic heterocycles. The molecule has 0 unspecified atom stereocenters. The summed E-state index contributed by atoms with van der Waals surface area (Å²) in [5, 5.41) is 6.73. The second kappa shape index (κ2) is 8.12. The highest BCUT2D eigenvalue weighted by molar-refractivity contribution is 5.74. The first kappa shape index (κ1) is 20.0. The summed E-state index contributed by atoms with van der Waals surface area (Å²) >= 11 is 0. The van der Waals surface area contributed by atoms with Gasteiger partial charge in [0.25, 0.3) is 0 Å². The van der Waals surface area contributed by atoms with Gasteiger partial charge in [0.1, 0.15) is 28.8 Å². The molecule has 0 saturated heterocycles. The van der Waals surface area contributed by atoms with Crippen molar-refractivity contribution in [1.29, 1.82) is 0 Å². The Labute approximate surface area is 165 Å². The number of carbonyl (C=O) groups is 1. The van der Waals surface area contributed by atoms with Crippen molar-refractivity contribution in [1.82, 2.24) is 10.5 Å². The van der Waals surface area contributed by atoms with Crippen LogP contribution in [0.2, 0.25) is 0 Å². The Balaban J connectivity index is 1.71. The lowest BCUT2D eigenvalue weighted by Crippen LogP contribution is -2.38. The van der Waals surface area contributed by atoms with E-state index in [1.54, 1.807) is 19.4 Å². The van der Waals surface area contributed by atoms with Gasteiger partial charge in [-0.1, -0.05) is 11.2 Å². The Morgan fingerprint density at radius 3 is 2.68 bits per heavy atom. The molecule has 0 spiro atoms. The van der Waals surface area contributed by atoms with Crippen LogP contribution < -0.4 is 14.8 Å². The first-order chi connectivity index (χ1) is 13.3. The second-order valence-electron chi connectivity index (χ2n) is 8.06. The molecular formula is C21H28N2O5. The van der Waals surface area contributed by atoms with E-state index in [9.17, 15) is 4.79 Å². The number of carbonyl (C=O) groups excluding carboxylic acids is 1. The van der Waals surface area contributed by atoms with E-state index in [4.69, 9.17) is 18.7 Å². The summed E-state index contributed by atoms with van der Waals surface area (Å²) in [6, 6.07) is 5.69. The lowest BCUT2D eigenvalue weighted by molar-refractivity contribution is 0.0503. The first-order valence-corrected chi connectivity index (χ1v) is 9.51. The van der Waals surface area contributed by atoms with Crippen molar-refractivity contribution in [3.8, 4) is 22.8 Å². The molecule has 1 saturated carbocycles. The zero-order valence-corrected chi connectivity index (χ0v) is 17.1. The number of alkyl carbamates (subject to hydrolysis) is 1. The van der Waals surface area contributed by atoms with Gasteiger partial charge >= 0.3 is 6.09 Å². The van der Waals surface area contributed by atoms with Gasteiger partial charge in [-0.3, -0.25) is 0 Å². The van der Waals surface area contributed by atoms with Crippen LogP contribution in [-0.2, 0) is 4.74 Å². The van der Waals surface area contributed by atoms with E-state index in [1.165, 1.54) is 0 Å². The second-order valence-corrected chi connectivity index (χ2v) is 8.06. The van der Waals surface area contributed by atoms with E-state index in [0.717, 1.165) is 24.0 Å². The molecular weight excluding hydrogens is 360 g/mol. The third-order valence-corrected chi connectivity index (χ3v) is 4.60. The lowest BCUT2D eigenvalue weighted by atomic mass is 10.1. The molecule has 152 valence electrons. The summed E-state index contributed by atoms with van der Waals surface area (Å²) in [6.45, 7) is 7.52. The maximum absolute atomic E-state index is 12.0. The molecule has 2 atom stereocenters. The van der Waals surface area contributed by atoms with Crippen LogP contribution in [0.4, 0.5) is 4.79 Å². The Kier molecular flexibility index (Phi) is 5.82. The van der Waals surface area contributed by atoms with Crippen LogP contribution in [0.15, 0.2) is 28.9 Å². The van der Waals surface area contributed by atoms with Crippen molar-refractivity contribution in [3.63, 3.8) is 0 Å². The van der Waals surface area contributed by atoms with E-state index < -0.39 is 11.7 Å². The van der Waals surface area contributed by atoms with Crippen molar-refractivity contribution in [2.24, 2.45) is 0 Å². The van der Waals surface area contributed by atoms with Gasteiger partial charge in [0.2, 0.25) is 0 Å². The van der Waals surface area contributed by atoms with Gasteiger partial charge in [-0.25, -0.2) is 4.79 Å². The van der Waals surface area contributed by atoms with E-state index in [-0.39, 0.29) is 12.1 Å². The molecule has 1 N–H and O–H groups in total. The maximum atomic E-state index is 12.0. The topological polar surface area (TPSA) is 82.8 Å². The van der Waals surface area contributed by atoms with Gasteiger partial charge in [-0.2, -0.15) is 0 Å². The number of methoxy groups -OCH3 is 1. The van der Waals surface area contributed by atoms with Crippen LogP contribution in [0.25, 0.3) is 11.3 Å². The van der Waals surface area contributed by atoms with Crippen LogP contribution in [0.3, 0.4) is 0 Å². The summed E-state index contributed by atoms with van der Waals surface area (Å²) in [7, 11) is 1.63. The average molecular weight is 388 g/mol. The maximum Gasteiger partial charge on any atom is 0.407 e. The van der Waals surface area contributed by atoms with Gasteiger partial charge in [-0.15, -0.1) is 0 Å². The fourth-order valence-electron chi connectivity index (χ4n) is 3.44. The number of aromatic nitrogens is 1. The fraction of sp³-hybridized carbons (Fsp3) is 0.524. The molecule has 7 nitrogen and oxygen atoms in total. The minimum Gasteiger partial charge on any atom is -0.496 e. The van der Waals surface area contributed by atoms with E-state index in [2.05, 4.69) is 10.5 Å². The molecule has 0 radical (unpaired) electrons. The zero-order chi connectivity index (χ0) is 20.3. The highest BCUT2D eigenvalue weighted by atomic mass is 16.6. The Bertz CT molecular complexity index is 811. The predicted octanol–water partition coefficient (Wildman–Crippen LogP) is 4.48. The minimum atomic E-state index is -0.511. The lowest BCUT2D eigenvalue weighted by Gasteiger charge is -2.22. The Morgan fingerprint density at radius 2 is 2.04 bits per heavy atom. The van der Waals surface area contributed by atoms with E-state index >= 15 is 0 Å². The molecule has 1 amide bonds. The van der Waals surface area contributed by atoms with Gasteiger partial charge in [-0.05, 0) is 52.2 Å². The molecule has 1 aliphatic rings. The minimum absolute atomic E-state index is 0.0194. The number of amides is 1. The Morgan fingerprint density at radius 1 is 1.25 bits per heavy atom. The third-order valence-electron chi connectivity index (χ3n) is 4.60. The van der Waals surface area contributed by atoms with Crippen molar-refractivity contribution < 1.29 is 23.5 Å². The van der Waals surface area contributed by atoms with Gasteiger partial charge in [0.05, 0.1) is 13.3 Å². The highest BCUT2D eigenvalue weighted by Crippen LogP contribution is 2.42. The van der Waals surface area contributed by atoms with Crippen molar-refractivity contribution in [3.05, 3.63) is 30.0 Å². The van der Waals surface area contributed by atoms with Crippen molar-refractivity contribution in [2.45, 2.75) is 64.7 Å². The monoisotopic (exact) mass is 388 g/mol. The fourth-order valence-corrected chi connectivity index (χ4v) is 3.44. The van der Waals surface area contributed by atoms with Gasteiger partial charge < -0.3 is 24.1 Å². The molecule has 1 aromatic heterocycles. The van der Waals surface area contributed by atoms with E-state index in [1.807, 2.05) is 39.8 Å². The average Bonchev–Trinajstić information content (AvgIpc) is 3.26. The van der Waals surface area contributed by atoms with Crippen LogP contribution in [-0.4, -0.2) is 36.1 Å². The van der Waals surface area contributed by atoms with Gasteiger partial charge in [0, 0.05) is 18.5 Å². The highest BCUT2D eigenvalue weighted by Gasteiger charge is 2.30. The number of rotatable bonds is 5. The number of ether oxygens (including phenoxy) is 3. The van der Waals surface area contributed by atoms with Gasteiger partial charge in [0.15, 0.2) is 5.76 Å². The third kappa shape index (κ3) is 4.77. The summed E-state index contributed by atoms with van der Waals surface area (Å²) in [4.78, 5) is 12.0. The molecule has 1 aromatic carbocycles. The largest absolute Gasteiger partial charge is 0.496 e. The number of nitrogens with zero attached hydrogens (tertiary/aromatic N) is 1. The first-order valence-electron chi connectivity index (χ1n) is 9.51. The quantitative estimate of drug-likeness (QED) is 0.813. The number of hydrogen-bond donors (Lipinski definition) is 1. The summed E-state index contributed by atoms with van der Waals surface area (Å²) in [5.74, 6) is 1.98. The predicted molar refractivity (Wildman–Crippen MR) is 105 cm³/mol. The summed E-state index contributed by atoms with van der Waals surface area (Å²) in [5.41, 5.74) is 1.23. The molecule has 0 bridgehead atoms. The Hall–Kier alpha value is -2.70. The molecule has 2 aromatic rings. The molecule has 7 heteroatoms. The zero-order valence-electron chi connectivity index (χ0n) is 17.1. The smallest absolute Gasteiger partial charge is 0.407 e. The number of aryl methyl sites for hydroxylation is 1. The van der Waals surface area contributed by atoms with Crippen LogP contribution in [0, 0.1) is 6.92 Å². The molecule has 3 rings (SSSR count). The molecule has 1 aliphatic carbocycles.